The van der Waals surface area contributed by atoms with Crippen LogP contribution in [0.4, 0.5) is 10.8 Å². The van der Waals surface area contributed by atoms with Gasteiger partial charge in [-0.2, -0.15) is 0 Å². The molecule has 1 aromatic carbocycles. The van der Waals surface area contributed by atoms with Crippen molar-refractivity contribution in [2.45, 2.75) is 6.92 Å². The first-order valence-corrected chi connectivity index (χ1v) is 7.29. The maximum atomic E-state index is 4.72. The van der Waals surface area contributed by atoms with Gasteiger partial charge in [0, 0.05) is 36.1 Å². The van der Waals surface area contributed by atoms with Gasteiger partial charge in [0.2, 0.25) is 0 Å². The summed E-state index contributed by atoms with van der Waals surface area (Å²) < 4.78 is 0. The molecule has 0 atom stereocenters. The Balaban J connectivity index is 1.93. The Labute approximate surface area is 122 Å². The molecular formula is C16H15N3S. The lowest BCUT2D eigenvalue weighted by Gasteiger charge is -2.15. The summed E-state index contributed by atoms with van der Waals surface area (Å²) in [6.07, 6.45) is 3.68. The minimum absolute atomic E-state index is 0.981. The van der Waals surface area contributed by atoms with E-state index in [1.165, 1.54) is 5.56 Å². The SMILES string of the molecule is Cc1ccncc1-c1csc(N(C)c2ccccc2)n1. The molecule has 0 aliphatic heterocycles. The smallest absolute Gasteiger partial charge is 0.190 e. The number of rotatable bonds is 3. The monoisotopic (exact) mass is 281 g/mol. The van der Waals surface area contributed by atoms with Crippen molar-refractivity contribution in [1.29, 1.82) is 0 Å². The largest absolute Gasteiger partial charge is 0.321 e. The maximum Gasteiger partial charge on any atom is 0.190 e. The highest BCUT2D eigenvalue weighted by atomic mass is 32.1. The predicted molar refractivity (Wildman–Crippen MR) is 84.6 cm³/mol. The lowest BCUT2D eigenvalue weighted by molar-refractivity contribution is 1.17. The zero-order valence-corrected chi connectivity index (χ0v) is 12.3. The Kier molecular flexibility index (Phi) is 3.48. The lowest BCUT2D eigenvalue weighted by atomic mass is 10.1. The first kappa shape index (κ1) is 12.8. The second-order valence-corrected chi connectivity index (χ2v) is 5.44. The van der Waals surface area contributed by atoms with Gasteiger partial charge in [-0.1, -0.05) is 18.2 Å². The molecular weight excluding hydrogens is 266 g/mol. The summed E-state index contributed by atoms with van der Waals surface area (Å²) in [5.41, 5.74) is 4.41. The van der Waals surface area contributed by atoms with Crippen molar-refractivity contribution in [1.82, 2.24) is 9.97 Å². The van der Waals surface area contributed by atoms with Crippen LogP contribution in [0.15, 0.2) is 54.2 Å². The number of thiazole rings is 1. The molecule has 0 saturated heterocycles. The fraction of sp³-hybridized carbons (Fsp3) is 0.125. The fourth-order valence-corrected chi connectivity index (χ4v) is 2.85. The van der Waals surface area contributed by atoms with Gasteiger partial charge in [0.25, 0.3) is 0 Å². The molecule has 2 aromatic heterocycles. The van der Waals surface area contributed by atoms with E-state index in [1.807, 2.05) is 43.7 Å². The van der Waals surface area contributed by atoms with Crippen molar-refractivity contribution < 1.29 is 0 Å². The number of aryl methyl sites for hydroxylation is 1. The molecule has 0 spiro atoms. The highest BCUT2D eigenvalue weighted by molar-refractivity contribution is 7.14. The number of nitrogens with zero attached hydrogens (tertiary/aromatic N) is 3. The third-order valence-electron chi connectivity index (χ3n) is 3.24. The molecule has 4 heteroatoms. The van der Waals surface area contributed by atoms with Gasteiger partial charge in [0.15, 0.2) is 5.13 Å². The normalized spacial score (nSPS) is 10.5. The quantitative estimate of drug-likeness (QED) is 0.717. The van der Waals surface area contributed by atoms with Gasteiger partial charge >= 0.3 is 0 Å². The highest BCUT2D eigenvalue weighted by Crippen LogP contribution is 2.31. The molecule has 0 N–H and O–H groups in total. The second kappa shape index (κ2) is 5.43. The Morgan fingerprint density at radius 1 is 1.10 bits per heavy atom. The van der Waals surface area contributed by atoms with Crippen molar-refractivity contribution >= 4 is 22.2 Å². The third kappa shape index (κ3) is 2.42. The zero-order valence-electron chi connectivity index (χ0n) is 11.4. The Morgan fingerprint density at radius 2 is 1.90 bits per heavy atom. The summed E-state index contributed by atoms with van der Waals surface area (Å²) in [7, 11) is 2.04. The van der Waals surface area contributed by atoms with Gasteiger partial charge in [0.1, 0.15) is 0 Å². The summed E-state index contributed by atoms with van der Waals surface area (Å²) in [5.74, 6) is 0. The second-order valence-electron chi connectivity index (χ2n) is 4.60. The minimum Gasteiger partial charge on any atom is -0.321 e. The topological polar surface area (TPSA) is 29.0 Å². The Hall–Kier alpha value is -2.20. The van der Waals surface area contributed by atoms with Crippen LogP contribution >= 0.6 is 11.3 Å². The number of para-hydroxylation sites is 1. The fourth-order valence-electron chi connectivity index (χ4n) is 2.04. The van der Waals surface area contributed by atoms with Gasteiger partial charge in [0.05, 0.1) is 5.69 Å². The highest BCUT2D eigenvalue weighted by Gasteiger charge is 2.11. The molecule has 0 unspecified atom stereocenters. The number of hydrogen-bond donors (Lipinski definition) is 0. The summed E-state index contributed by atoms with van der Waals surface area (Å²) in [6, 6.07) is 12.3. The van der Waals surface area contributed by atoms with Crippen LogP contribution in [0.25, 0.3) is 11.3 Å². The van der Waals surface area contributed by atoms with Crippen molar-refractivity contribution in [3.05, 3.63) is 59.7 Å². The molecule has 3 aromatic rings. The molecule has 3 rings (SSSR count). The van der Waals surface area contributed by atoms with Gasteiger partial charge in [-0.05, 0) is 30.7 Å². The van der Waals surface area contributed by atoms with E-state index in [9.17, 15) is 0 Å². The first-order valence-electron chi connectivity index (χ1n) is 6.41. The average molecular weight is 281 g/mol. The van der Waals surface area contributed by atoms with Crippen LogP contribution in [0.3, 0.4) is 0 Å². The van der Waals surface area contributed by atoms with Crippen LogP contribution in [0, 0.1) is 6.92 Å². The Morgan fingerprint density at radius 3 is 2.65 bits per heavy atom. The molecule has 0 saturated carbocycles. The van der Waals surface area contributed by atoms with Crippen LogP contribution in [0.2, 0.25) is 0 Å². The van der Waals surface area contributed by atoms with Crippen LogP contribution in [0.5, 0.6) is 0 Å². The van der Waals surface area contributed by atoms with Gasteiger partial charge in [-0.15, -0.1) is 11.3 Å². The zero-order chi connectivity index (χ0) is 13.9. The van der Waals surface area contributed by atoms with E-state index in [0.717, 1.165) is 22.1 Å². The van der Waals surface area contributed by atoms with Gasteiger partial charge < -0.3 is 4.90 Å². The standard InChI is InChI=1S/C16H15N3S/c1-12-8-9-17-10-14(12)15-11-20-16(18-15)19(2)13-6-4-3-5-7-13/h3-11H,1-2H3. The van der Waals surface area contributed by atoms with Gasteiger partial charge in [-0.3, -0.25) is 4.98 Å². The number of hydrogen-bond acceptors (Lipinski definition) is 4. The van der Waals surface area contributed by atoms with E-state index < -0.39 is 0 Å². The minimum atomic E-state index is 0.981. The molecule has 3 nitrogen and oxygen atoms in total. The van der Waals surface area contributed by atoms with Crippen molar-refractivity contribution in [3.63, 3.8) is 0 Å². The summed E-state index contributed by atoms with van der Waals surface area (Å²) >= 11 is 1.64. The number of benzene rings is 1. The van der Waals surface area contributed by atoms with Crippen LogP contribution < -0.4 is 4.90 Å². The molecule has 0 amide bonds. The van der Waals surface area contributed by atoms with Crippen molar-refractivity contribution in [3.8, 4) is 11.3 Å². The van der Waals surface area contributed by atoms with E-state index in [1.54, 1.807) is 11.3 Å². The predicted octanol–water partition coefficient (Wildman–Crippen LogP) is 4.28. The summed E-state index contributed by atoms with van der Waals surface area (Å²) in [4.78, 5) is 11.0. The average Bonchev–Trinajstić information content (AvgIpc) is 2.97. The summed E-state index contributed by atoms with van der Waals surface area (Å²) in [6.45, 7) is 2.08. The number of aromatic nitrogens is 2. The molecule has 0 aliphatic rings. The van der Waals surface area contributed by atoms with E-state index in [4.69, 9.17) is 4.98 Å². The molecule has 100 valence electrons. The van der Waals surface area contributed by atoms with E-state index in [-0.39, 0.29) is 0 Å². The maximum absolute atomic E-state index is 4.72. The summed E-state index contributed by atoms with van der Waals surface area (Å²) in [5, 5.41) is 3.06. The van der Waals surface area contributed by atoms with Crippen LogP contribution in [0.1, 0.15) is 5.56 Å². The molecule has 0 radical (unpaired) electrons. The number of pyridine rings is 1. The molecule has 2 heterocycles. The number of anilines is 2. The Bertz CT molecular complexity index is 707. The molecule has 0 aliphatic carbocycles. The molecule has 0 bridgehead atoms. The van der Waals surface area contributed by atoms with E-state index in [0.29, 0.717) is 0 Å². The van der Waals surface area contributed by atoms with E-state index in [2.05, 4.69) is 34.3 Å². The molecule has 20 heavy (non-hydrogen) atoms. The first-order chi connectivity index (χ1) is 9.75. The lowest BCUT2D eigenvalue weighted by Crippen LogP contribution is -2.08. The van der Waals surface area contributed by atoms with Crippen molar-refractivity contribution in [2.75, 3.05) is 11.9 Å². The van der Waals surface area contributed by atoms with Gasteiger partial charge in [-0.25, -0.2) is 4.98 Å². The van der Waals surface area contributed by atoms with E-state index >= 15 is 0 Å². The molecule has 0 fully saturated rings. The third-order valence-corrected chi connectivity index (χ3v) is 4.15. The van der Waals surface area contributed by atoms with Crippen LogP contribution in [-0.4, -0.2) is 17.0 Å². The van der Waals surface area contributed by atoms with Crippen LogP contribution in [-0.2, 0) is 0 Å². The van der Waals surface area contributed by atoms with Crippen molar-refractivity contribution in [2.24, 2.45) is 0 Å².